The minimum Gasteiger partial charge on any atom is -0.398 e. The van der Waals surface area contributed by atoms with E-state index in [0.29, 0.717) is 0 Å². The Bertz CT molecular complexity index is 643. The summed E-state index contributed by atoms with van der Waals surface area (Å²) in [4.78, 5) is 5.03. The molecule has 0 atom stereocenters. The van der Waals surface area contributed by atoms with E-state index in [2.05, 4.69) is 66.1 Å². The molecule has 1 aliphatic rings. The van der Waals surface area contributed by atoms with Gasteiger partial charge in [0.05, 0.1) is 0 Å². The lowest BCUT2D eigenvalue weighted by Crippen LogP contribution is -2.46. The number of rotatable bonds is 4. The summed E-state index contributed by atoms with van der Waals surface area (Å²) in [5.74, 6) is 0. The predicted octanol–water partition coefficient (Wildman–Crippen LogP) is 3.46. The third-order valence-electron chi connectivity index (χ3n) is 4.82. The second kappa shape index (κ2) is 7.05. The second-order valence-electron chi connectivity index (χ2n) is 6.44. The standard InChI is InChI=1S/C20H27N3/c1-3-18-14-19(13-16(2)20(18)21)23-11-9-22(10-12-23)15-17-7-5-4-6-8-17/h4-8,13-14H,3,9-12,15,21H2,1-2H3. The molecule has 1 fully saturated rings. The number of benzene rings is 2. The van der Waals surface area contributed by atoms with Gasteiger partial charge in [-0.05, 0) is 42.2 Å². The van der Waals surface area contributed by atoms with Crippen LogP contribution in [0, 0.1) is 6.92 Å². The van der Waals surface area contributed by atoms with E-state index in [0.717, 1.165) is 44.8 Å². The van der Waals surface area contributed by atoms with Crippen LogP contribution in [0.5, 0.6) is 0 Å². The molecule has 0 aliphatic carbocycles. The van der Waals surface area contributed by atoms with Crippen molar-refractivity contribution in [3.05, 3.63) is 59.2 Å². The van der Waals surface area contributed by atoms with Gasteiger partial charge >= 0.3 is 0 Å². The molecule has 1 saturated heterocycles. The molecule has 0 bridgehead atoms. The van der Waals surface area contributed by atoms with Crippen molar-refractivity contribution in [3.63, 3.8) is 0 Å². The fraction of sp³-hybridized carbons (Fsp3) is 0.400. The molecular formula is C20H27N3. The van der Waals surface area contributed by atoms with Gasteiger partial charge in [0.2, 0.25) is 0 Å². The SMILES string of the molecule is CCc1cc(N2CCN(Cc3ccccc3)CC2)cc(C)c1N. The summed E-state index contributed by atoms with van der Waals surface area (Å²) in [5, 5.41) is 0. The quantitative estimate of drug-likeness (QED) is 0.878. The summed E-state index contributed by atoms with van der Waals surface area (Å²) in [5.41, 5.74) is 12.3. The van der Waals surface area contributed by atoms with E-state index in [-0.39, 0.29) is 0 Å². The molecule has 1 aliphatic heterocycles. The third kappa shape index (κ3) is 3.67. The molecule has 2 N–H and O–H groups in total. The lowest BCUT2D eigenvalue weighted by atomic mass is 10.0. The van der Waals surface area contributed by atoms with E-state index in [1.54, 1.807) is 0 Å². The maximum atomic E-state index is 6.17. The number of hydrogen-bond acceptors (Lipinski definition) is 3. The fourth-order valence-corrected chi connectivity index (χ4v) is 3.33. The normalized spacial score (nSPS) is 15.8. The highest BCUT2D eigenvalue weighted by molar-refractivity contribution is 5.63. The van der Waals surface area contributed by atoms with Crippen molar-refractivity contribution in [3.8, 4) is 0 Å². The number of hydrogen-bond donors (Lipinski definition) is 1. The van der Waals surface area contributed by atoms with Crippen LogP contribution in [-0.4, -0.2) is 31.1 Å². The van der Waals surface area contributed by atoms with E-state index < -0.39 is 0 Å². The number of aryl methyl sites for hydroxylation is 2. The molecule has 0 saturated carbocycles. The van der Waals surface area contributed by atoms with Gasteiger partial charge in [0.15, 0.2) is 0 Å². The summed E-state index contributed by atoms with van der Waals surface area (Å²) in [6, 6.07) is 15.3. The number of anilines is 2. The molecule has 2 aromatic carbocycles. The van der Waals surface area contributed by atoms with Crippen LogP contribution in [0.25, 0.3) is 0 Å². The maximum absolute atomic E-state index is 6.17. The molecular weight excluding hydrogens is 282 g/mol. The van der Waals surface area contributed by atoms with Crippen LogP contribution in [0.2, 0.25) is 0 Å². The highest BCUT2D eigenvalue weighted by atomic mass is 15.3. The fourth-order valence-electron chi connectivity index (χ4n) is 3.33. The maximum Gasteiger partial charge on any atom is 0.0377 e. The Morgan fingerprint density at radius 2 is 1.70 bits per heavy atom. The van der Waals surface area contributed by atoms with Crippen molar-refractivity contribution in [2.24, 2.45) is 0 Å². The summed E-state index contributed by atoms with van der Waals surface area (Å²) < 4.78 is 0. The van der Waals surface area contributed by atoms with Crippen molar-refractivity contribution < 1.29 is 0 Å². The van der Waals surface area contributed by atoms with E-state index in [4.69, 9.17) is 5.73 Å². The molecule has 1 heterocycles. The zero-order valence-electron chi connectivity index (χ0n) is 14.3. The molecule has 0 amide bonds. The van der Waals surface area contributed by atoms with Crippen LogP contribution in [0.1, 0.15) is 23.6 Å². The molecule has 3 rings (SSSR count). The van der Waals surface area contributed by atoms with Crippen molar-refractivity contribution in [2.75, 3.05) is 36.8 Å². The smallest absolute Gasteiger partial charge is 0.0377 e. The van der Waals surface area contributed by atoms with Crippen LogP contribution < -0.4 is 10.6 Å². The number of piperazine rings is 1. The van der Waals surface area contributed by atoms with Gasteiger partial charge < -0.3 is 10.6 Å². The highest BCUT2D eigenvalue weighted by Crippen LogP contribution is 2.26. The summed E-state index contributed by atoms with van der Waals surface area (Å²) >= 11 is 0. The molecule has 3 nitrogen and oxygen atoms in total. The van der Waals surface area contributed by atoms with Gasteiger partial charge in [-0.1, -0.05) is 37.3 Å². The number of nitrogen functional groups attached to an aromatic ring is 1. The van der Waals surface area contributed by atoms with Crippen LogP contribution in [0.4, 0.5) is 11.4 Å². The Hall–Kier alpha value is -2.00. The van der Waals surface area contributed by atoms with E-state index in [1.165, 1.54) is 22.4 Å². The van der Waals surface area contributed by atoms with Gasteiger partial charge in [-0.25, -0.2) is 0 Å². The van der Waals surface area contributed by atoms with Crippen LogP contribution in [-0.2, 0) is 13.0 Å². The first-order chi connectivity index (χ1) is 11.2. The van der Waals surface area contributed by atoms with Crippen LogP contribution in [0.15, 0.2) is 42.5 Å². The molecule has 2 aromatic rings. The monoisotopic (exact) mass is 309 g/mol. The van der Waals surface area contributed by atoms with Gasteiger partial charge in [-0.3, -0.25) is 4.90 Å². The Morgan fingerprint density at radius 1 is 1.00 bits per heavy atom. The van der Waals surface area contributed by atoms with E-state index in [1.807, 2.05) is 0 Å². The van der Waals surface area contributed by atoms with Crippen LogP contribution >= 0.6 is 0 Å². The van der Waals surface area contributed by atoms with E-state index >= 15 is 0 Å². The van der Waals surface area contributed by atoms with Crippen molar-refractivity contribution in [1.29, 1.82) is 0 Å². The number of nitrogens with two attached hydrogens (primary N) is 1. The zero-order valence-corrected chi connectivity index (χ0v) is 14.3. The highest BCUT2D eigenvalue weighted by Gasteiger charge is 2.18. The topological polar surface area (TPSA) is 32.5 Å². The first kappa shape index (κ1) is 15.9. The van der Waals surface area contributed by atoms with E-state index in [9.17, 15) is 0 Å². The van der Waals surface area contributed by atoms with Crippen molar-refractivity contribution in [1.82, 2.24) is 4.90 Å². The minimum atomic E-state index is 0.957. The van der Waals surface area contributed by atoms with Gasteiger partial charge in [0.25, 0.3) is 0 Å². The number of nitrogens with zero attached hydrogens (tertiary/aromatic N) is 2. The molecule has 23 heavy (non-hydrogen) atoms. The predicted molar refractivity (Wildman–Crippen MR) is 98.9 cm³/mol. The Morgan fingerprint density at radius 3 is 2.35 bits per heavy atom. The van der Waals surface area contributed by atoms with Crippen molar-refractivity contribution >= 4 is 11.4 Å². The summed E-state index contributed by atoms with van der Waals surface area (Å²) in [6.07, 6.45) is 0.995. The molecule has 0 spiro atoms. The van der Waals surface area contributed by atoms with Gasteiger partial charge in [0.1, 0.15) is 0 Å². The Kier molecular flexibility index (Phi) is 4.87. The van der Waals surface area contributed by atoms with Gasteiger partial charge in [-0.15, -0.1) is 0 Å². The van der Waals surface area contributed by atoms with Gasteiger partial charge in [-0.2, -0.15) is 0 Å². The Labute approximate surface area is 139 Å². The molecule has 122 valence electrons. The average Bonchev–Trinajstić information content (AvgIpc) is 2.59. The first-order valence-corrected chi connectivity index (χ1v) is 8.57. The Balaban J connectivity index is 1.64. The first-order valence-electron chi connectivity index (χ1n) is 8.57. The lowest BCUT2D eigenvalue weighted by molar-refractivity contribution is 0.250. The largest absolute Gasteiger partial charge is 0.398 e. The lowest BCUT2D eigenvalue weighted by Gasteiger charge is -2.36. The summed E-state index contributed by atoms with van der Waals surface area (Å²) in [7, 11) is 0. The molecule has 3 heteroatoms. The zero-order chi connectivity index (χ0) is 16.2. The summed E-state index contributed by atoms with van der Waals surface area (Å²) in [6.45, 7) is 9.73. The van der Waals surface area contributed by atoms with Crippen LogP contribution in [0.3, 0.4) is 0 Å². The molecule has 0 aromatic heterocycles. The van der Waals surface area contributed by atoms with Gasteiger partial charge in [0, 0.05) is 44.1 Å². The average molecular weight is 309 g/mol. The second-order valence-corrected chi connectivity index (χ2v) is 6.44. The third-order valence-corrected chi connectivity index (χ3v) is 4.82. The minimum absolute atomic E-state index is 0.957. The van der Waals surface area contributed by atoms with Crippen molar-refractivity contribution in [2.45, 2.75) is 26.8 Å². The molecule has 0 radical (unpaired) electrons. The molecule has 0 unspecified atom stereocenters.